The zero-order valence-corrected chi connectivity index (χ0v) is 8.71. The van der Waals surface area contributed by atoms with Crippen molar-refractivity contribution in [1.29, 1.82) is 0 Å². The zero-order chi connectivity index (χ0) is 10.1. The van der Waals surface area contributed by atoms with Gasteiger partial charge in [-0.1, -0.05) is 6.08 Å². The molecule has 3 nitrogen and oxygen atoms in total. The van der Waals surface area contributed by atoms with E-state index in [-0.39, 0.29) is 0 Å². The van der Waals surface area contributed by atoms with Crippen LogP contribution in [0.1, 0.15) is 13.3 Å². The van der Waals surface area contributed by atoms with E-state index in [1.165, 1.54) is 0 Å². The van der Waals surface area contributed by atoms with E-state index in [4.69, 9.17) is 5.73 Å². The van der Waals surface area contributed by atoms with E-state index in [1.807, 2.05) is 19.3 Å². The van der Waals surface area contributed by atoms with Crippen LogP contribution in [-0.2, 0) is 0 Å². The van der Waals surface area contributed by atoms with Gasteiger partial charge >= 0.3 is 0 Å². The van der Waals surface area contributed by atoms with Gasteiger partial charge in [-0.25, -0.2) is 0 Å². The molecule has 0 radical (unpaired) electrons. The first-order valence-corrected chi connectivity index (χ1v) is 4.70. The summed E-state index contributed by atoms with van der Waals surface area (Å²) in [6.45, 7) is 8.54. The molecule has 0 saturated heterocycles. The maximum atomic E-state index is 5.81. The lowest BCUT2D eigenvalue weighted by atomic mass is 10.3. The monoisotopic (exact) mass is 183 g/mol. The molecule has 0 rings (SSSR count). The van der Waals surface area contributed by atoms with Crippen LogP contribution in [0.5, 0.6) is 0 Å². The number of nitrogens with zero attached hydrogens (tertiary/aromatic N) is 1. The van der Waals surface area contributed by atoms with Gasteiger partial charge in [0.25, 0.3) is 0 Å². The highest BCUT2D eigenvalue weighted by Gasteiger charge is 1.95. The molecule has 0 bridgehead atoms. The average molecular weight is 183 g/mol. The number of nitrogens with two attached hydrogens (primary N) is 1. The van der Waals surface area contributed by atoms with Crippen LogP contribution in [-0.4, -0.2) is 31.6 Å². The van der Waals surface area contributed by atoms with Crippen molar-refractivity contribution in [2.24, 2.45) is 5.73 Å². The molecule has 3 N–H and O–H groups in total. The summed E-state index contributed by atoms with van der Waals surface area (Å²) in [6.07, 6.45) is 4.77. The maximum absolute atomic E-state index is 5.81. The van der Waals surface area contributed by atoms with Gasteiger partial charge in [0.15, 0.2) is 0 Å². The third kappa shape index (κ3) is 6.22. The fourth-order valence-corrected chi connectivity index (χ4v) is 1.01. The number of likely N-dealkylation sites (N-methyl/N-ethyl adjacent to an activating group) is 1. The Hall–Kier alpha value is -0.960. The Kier molecular flexibility index (Phi) is 7.11. The molecule has 0 spiro atoms. The molecule has 0 atom stereocenters. The fraction of sp³-hybridized carbons (Fsp3) is 0.600. The fourth-order valence-electron chi connectivity index (χ4n) is 1.01. The minimum Gasteiger partial charge on any atom is -0.401 e. The van der Waals surface area contributed by atoms with Crippen molar-refractivity contribution in [3.05, 3.63) is 24.6 Å². The van der Waals surface area contributed by atoms with Crippen molar-refractivity contribution in [1.82, 2.24) is 10.2 Å². The van der Waals surface area contributed by atoms with E-state index in [0.717, 1.165) is 31.8 Å². The van der Waals surface area contributed by atoms with Gasteiger partial charge in [-0.3, -0.25) is 0 Å². The van der Waals surface area contributed by atoms with E-state index >= 15 is 0 Å². The predicted octanol–water partition coefficient (Wildman–Crippen LogP) is 0.904. The van der Waals surface area contributed by atoms with Crippen LogP contribution in [0.2, 0.25) is 0 Å². The molecule has 0 aliphatic rings. The van der Waals surface area contributed by atoms with E-state index in [9.17, 15) is 0 Å². The van der Waals surface area contributed by atoms with Gasteiger partial charge < -0.3 is 16.0 Å². The second kappa shape index (κ2) is 7.68. The topological polar surface area (TPSA) is 41.3 Å². The van der Waals surface area contributed by atoms with E-state index < -0.39 is 0 Å². The number of hydrogen-bond acceptors (Lipinski definition) is 3. The van der Waals surface area contributed by atoms with E-state index in [1.54, 1.807) is 0 Å². The second-order valence-corrected chi connectivity index (χ2v) is 2.93. The summed E-state index contributed by atoms with van der Waals surface area (Å²) in [5.74, 6) is 0. The van der Waals surface area contributed by atoms with Crippen LogP contribution >= 0.6 is 0 Å². The van der Waals surface area contributed by atoms with Crippen molar-refractivity contribution < 1.29 is 0 Å². The zero-order valence-electron chi connectivity index (χ0n) is 8.71. The molecule has 0 aliphatic heterocycles. The van der Waals surface area contributed by atoms with Crippen molar-refractivity contribution >= 4 is 0 Å². The largest absolute Gasteiger partial charge is 0.401 e. The Labute approximate surface area is 81.3 Å². The number of hydrogen-bond donors (Lipinski definition) is 2. The van der Waals surface area contributed by atoms with Crippen LogP contribution in [0.25, 0.3) is 0 Å². The highest BCUT2D eigenvalue weighted by molar-refractivity contribution is 4.97. The normalized spacial score (nSPS) is 11.4. The van der Waals surface area contributed by atoms with Crippen molar-refractivity contribution in [2.45, 2.75) is 13.3 Å². The summed E-state index contributed by atoms with van der Waals surface area (Å²) in [6, 6.07) is 0. The molecule has 0 heterocycles. The van der Waals surface area contributed by atoms with Crippen LogP contribution in [0.15, 0.2) is 24.6 Å². The summed E-state index contributed by atoms with van der Waals surface area (Å²) in [7, 11) is 1.93. The standard InChI is InChI=1S/C10H21N3/c1-4-8-13(5-2)9-10(11)6-7-12-3/h4,9,12H,1,5-8,11H2,2-3H3/b10-9-. The number of rotatable bonds is 7. The molecule has 0 saturated carbocycles. The molecule has 0 unspecified atom stereocenters. The first-order chi connectivity index (χ1) is 6.24. The third-order valence-corrected chi connectivity index (χ3v) is 1.78. The van der Waals surface area contributed by atoms with Gasteiger partial charge in [0, 0.05) is 38.0 Å². The van der Waals surface area contributed by atoms with E-state index in [2.05, 4.69) is 23.7 Å². The van der Waals surface area contributed by atoms with Gasteiger partial charge in [-0.05, 0) is 14.0 Å². The molecule has 0 fully saturated rings. The lowest BCUT2D eigenvalue weighted by molar-refractivity contribution is 0.434. The first kappa shape index (κ1) is 12.0. The Balaban J connectivity index is 3.91. The molecule has 0 aromatic heterocycles. The van der Waals surface area contributed by atoms with Gasteiger partial charge in [-0.2, -0.15) is 0 Å². The molecule has 0 aliphatic carbocycles. The van der Waals surface area contributed by atoms with Crippen LogP contribution in [0.3, 0.4) is 0 Å². The summed E-state index contributed by atoms with van der Waals surface area (Å²) in [4.78, 5) is 2.14. The molecule has 3 heteroatoms. The van der Waals surface area contributed by atoms with Gasteiger partial charge in [0.05, 0.1) is 0 Å². The summed E-state index contributed by atoms with van der Waals surface area (Å²) in [5.41, 5.74) is 6.73. The minimum absolute atomic E-state index is 0.858. The molecular weight excluding hydrogens is 162 g/mol. The Bertz CT molecular complexity index is 164. The van der Waals surface area contributed by atoms with E-state index in [0.29, 0.717) is 0 Å². The van der Waals surface area contributed by atoms with Crippen LogP contribution < -0.4 is 11.1 Å². The SMILES string of the molecule is C=CCN(/C=C(\N)CCNC)CC. The summed E-state index contributed by atoms with van der Waals surface area (Å²) < 4.78 is 0. The molecule has 76 valence electrons. The molecule has 0 aromatic rings. The summed E-state index contributed by atoms with van der Waals surface area (Å²) >= 11 is 0. The van der Waals surface area contributed by atoms with Gasteiger partial charge in [-0.15, -0.1) is 6.58 Å². The molecule has 13 heavy (non-hydrogen) atoms. The average Bonchev–Trinajstić information content (AvgIpc) is 2.14. The van der Waals surface area contributed by atoms with Crippen molar-refractivity contribution in [2.75, 3.05) is 26.7 Å². The van der Waals surface area contributed by atoms with Crippen LogP contribution in [0, 0.1) is 0 Å². The smallest absolute Gasteiger partial charge is 0.0351 e. The lowest BCUT2D eigenvalue weighted by Gasteiger charge is -2.16. The molecular formula is C10H21N3. The maximum Gasteiger partial charge on any atom is 0.0351 e. The highest BCUT2D eigenvalue weighted by Crippen LogP contribution is 1.96. The molecule has 0 amide bonds. The van der Waals surface area contributed by atoms with Gasteiger partial charge in [0.1, 0.15) is 0 Å². The van der Waals surface area contributed by atoms with Crippen molar-refractivity contribution in [3.8, 4) is 0 Å². The third-order valence-electron chi connectivity index (χ3n) is 1.78. The van der Waals surface area contributed by atoms with Gasteiger partial charge in [0.2, 0.25) is 0 Å². The second-order valence-electron chi connectivity index (χ2n) is 2.93. The Morgan fingerprint density at radius 1 is 1.62 bits per heavy atom. The quantitative estimate of drug-likeness (QED) is 0.576. The Morgan fingerprint density at radius 2 is 2.31 bits per heavy atom. The lowest BCUT2D eigenvalue weighted by Crippen LogP contribution is -2.20. The van der Waals surface area contributed by atoms with Crippen LogP contribution in [0.4, 0.5) is 0 Å². The minimum atomic E-state index is 0.858. The molecule has 0 aromatic carbocycles. The van der Waals surface area contributed by atoms with Crippen molar-refractivity contribution in [3.63, 3.8) is 0 Å². The first-order valence-electron chi connectivity index (χ1n) is 4.70. The highest BCUT2D eigenvalue weighted by atomic mass is 15.1. The Morgan fingerprint density at radius 3 is 2.77 bits per heavy atom. The summed E-state index contributed by atoms with van der Waals surface area (Å²) in [5, 5.41) is 3.06. The predicted molar refractivity (Wildman–Crippen MR) is 58.3 cm³/mol. The number of nitrogens with one attached hydrogen (secondary N) is 1.